The van der Waals surface area contributed by atoms with Gasteiger partial charge in [-0.25, -0.2) is 4.79 Å². The minimum atomic E-state index is -0.587. The molecular weight excluding hydrogens is 356 g/mol. The lowest BCUT2D eigenvalue weighted by molar-refractivity contribution is -0.117. The van der Waals surface area contributed by atoms with Crippen molar-refractivity contribution < 1.29 is 19.1 Å². The molecule has 3 rings (SSSR count). The zero-order valence-corrected chi connectivity index (χ0v) is 14.8. The first-order chi connectivity index (χ1) is 12.5. The van der Waals surface area contributed by atoms with Crippen molar-refractivity contribution in [3.05, 3.63) is 58.6 Å². The molecule has 1 aliphatic carbocycles. The highest BCUT2D eigenvalue weighted by atomic mass is 35.5. The normalized spacial score (nSPS) is 13.0. The van der Waals surface area contributed by atoms with Gasteiger partial charge in [-0.3, -0.25) is 9.59 Å². The van der Waals surface area contributed by atoms with Crippen molar-refractivity contribution in [3.63, 3.8) is 0 Å². The van der Waals surface area contributed by atoms with Gasteiger partial charge in [-0.15, -0.1) is 0 Å². The van der Waals surface area contributed by atoms with E-state index in [1.54, 1.807) is 30.3 Å². The van der Waals surface area contributed by atoms with Crippen LogP contribution in [0.1, 0.15) is 33.6 Å². The molecule has 0 spiro atoms. The summed E-state index contributed by atoms with van der Waals surface area (Å²) in [6, 6.07) is 11.2. The number of halogens is 1. The van der Waals surface area contributed by atoms with E-state index in [1.807, 2.05) is 0 Å². The quantitative estimate of drug-likeness (QED) is 0.783. The van der Waals surface area contributed by atoms with E-state index >= 15 is 0 Å². The molecule has 0 aromatic heterocycles. The van der Waals surface area contributed by atoms with Gasteiger partial charge in [0.05, 0.1) is 17.7 Å². The number of benzene rings is 2. The van der Waals surface area contributed by atoms with E-state index < -0.39 is 5.97 Å². The van der Waals surface area contributed by atoms with Crippen LogP contribution in [0, 0.1) is 5.92 Å². The summed E-state index contributed by atoms with van der Waals surface area (Å²) in [5.41, 5.74) is 1.53. The maximum absolute atomic E-state index is 12.5. The number of carbonyl (C=O) groups is 3. The predicted molar refractivity (Wildman–Crippen MR) is 98.5 cm³/mol. The van der Waals surface area contributed by atoms with Gasteiger partial charge in [0.25, 0.3) is 5.91 Å². The van der Waals surface area contributed by atoms with Crippen LogP contribution in [0.2, 0.25) is 5.02 Å². The van der Waals surface area contributed by atoms with E-state index in [2.05, 4.69) is 15.4 Å². The highest BCUT2D eigenvalue weighted by Gasteiger charge is 2.29. The molecule has 0 atom stereocenters. The van der Waals surface area contributed by atoms with Gasteiger partial charge in [-0.1, -0.05) is 17.7 Å². The van der Waals surface area contributed by atoms with E-state index in [-0.39, 0.29) is 28.3 Å². The Hall–Kier alpha value is -2.86. The smallest absolute Gasteiger partial charge is 0.339 e. The van der Waals surface area contributed by atoms with Crippen LogP contribution in [0.3, 0.4) is 0 Å². The molecule has 26 heavy (non-hydrogen) atoms. The van der Waals surface area contributed by atoms with Gasteiger partial charge < -0.3 is 15.4 Å². The summed E-state index contributed by atoms with van der Waals surface area (Å²) in [6.07, 6.45) is 1.82. The maximum atomic E-state index is 12.5. The minimum Gasteiger partial charge on any atom is -0.465 e. The molecule has 1 fully saturated rings. The second kappa shape index (κ2) is 7.58. The topological polar surface area (TPSA) is 84.5 Å². The molecule has 2 aromatic rings. The summed E-state index contributed by atoms with van der Waals surface area (Å²) in [7, 11) is 1.26. The number of amides is 2. The lowest BCUT2D eigenvalue weighted by atomic mass is 10.1. The summed E-state index contributed by atoms with van der Waals surface area (Å²) in [5, 5.41) is 5.74. The Bertz CT molecular complexity index is 878. The van der Waals surface area contributed by atoms with E-state index in [9.17, 15) is 14.4 Å². The Morgan fingerprint density at radius 3 is 2.46 bits per heavy atom. The molecule has 6 nitrogen and oxygen atoms in total. The molecule has 0 saturated heterocycles. The van der Waals surface area contributed by atoms with Crippen molar-refractivity contribution in [3.8, 4) is 0 Å². The molecule has 134 valence electrons. The molecule has 0 bridgehead atoms. The first-order valence-electron chi connectivity index (χ1n) is 8.08. The predicted octanol–water partition coefficient (Wildman–Crippen LogP) is 3.73. The Morgan fingerprint density at radius 2 is 1.77 bits per heavy atom. The standard InChI is InChI=1S/C19H17ClN2O4/c1-26-19(25)15-10-14(7-8-16(15)20)22-18(24)12-3-2-4-13(9-12)21-17(23)11-5-6-11/h2-4,7-11H,5-6H2,1H3,(H,21,23)(H,22,24). The molecule has 1 saturated carbocycles. The molecule has 2 amide bonds. The van der Waals surface area contributed by atoms with Gasteiger partial charge in [0.1, 0.15) is 0 Å². The highest BCUT2D eigenvalue weighted by Crippen LogP contribution is 2.30. The first-order valence-corrected chi connectivity index (χ1v) is 8.46. The fourth-order valence-corrected chi connectivity index (χ4v) is 2.60. The van der Waals surface area contributed by atoms with Crippen LogP contribution in [0.5, 0.6) is 0 Å². The van der Waals surface area contributed by atoms with Crippen LogP contribution >= 0.6 is 11.6 Å². The van der Waals surface area contributed by atoms with Crippen molar-refractivity contribution in [2.45, 2.75) is 12.8 Å². The van der Waals surface area contributed by atoms with E-state index in [0.717, 1.165) is 12.8 Å². The third-order valence-electron chi connectivity index (χ3n) is 3.97. The Balaban J connectivity index is 1.73. The van der Waals surface area contributed by atoms with Crippen LogP contribution in [-0.4, -0.2) is 24.9 Å². The molecule has 7 heteroatoms. The number of methoxy groups -OCH3 is 1. The van der Waals surface area contributed by atoms with Gasteiger partial charge in [0.2, 0.25) is 5.91 Å². The number of rotatable bonds is 5. The second-order valence-electron chi connectivity index (χ2n) is 5.98. The number of nitrogens with one attached hydrogen (secondary N) is 2. The highest BCUT2D eigenvalue weighted by molar-refractivity contribution is 6.33. The number of hydrogen-bond acceptors (Lipinski definition) is 4. The van der Waals surface area contributed by atoms with Gasteiger partial charge in [0, 0.05) is 22.9 Å². The van der Waals surface area contributed by atoms with Crippen molar-refractivity contribution >= 4 is 40.8 Å². The number of ether oxygens (including phenoxy) is 1. The minimum absolute atomic E-state index is 0.0250. The third-order valence-corrected chi connectivity index (χ3v) is 4.30. The van der Waals surface area contributed by atoms with Crippen LogP contribution in [0.4, 0.5) is 11.4 Å². The fourth-order valence-electron chi connectivity index (χ4n) is 2.40. The lowest BCUT2D eigenvalue weighted by Crippen LogP contribution is -2.15. The van der Waals surface area contributed by atoms with Gasteiger partial charge >= 0.3 is 5.97 Å². The molecule has 0 aliphatic heterocycles. The SMILES string of the molecule is COC(=O)c1cc(NC(=O)c2cccc(NC(=O)C3CC3)c2)ccc1Cl. The average Bonchev–Trinajstić information content (AvgIpc) is 3.48. The van der Waals surface area contributed by atoms with Gasteiger partial charge in [-0.05, 0) is 49.2 Å². The zero-order valence-electron chi connectivity index (χ0n) is 14.0. The monoisotopic (exact) mass is 372 g/mol. The van der Waals surface area contributed by atoms with Crippen LogP contribution < -0.4 is 10.6 Å². The van der Waals surface area contributed by atoms with Crippen LogP contribution in [0.15, 0.2) is 42.5 Å². The molecule has 0 radical (unpaired) electrons. The number of hydrogen-bond donors (Lipinski definition) is 2. The zero-order chi connectivity index (χ0) is 18.7. The Morgan fingerprint density at radius 1 is 1.04 bits per heavy atom. The van der Waals surface area contributed by atoms with E-state index in [0.29, 0.717) is 16.9 Å². The molecule has 1 aliphatic rings. The molecule has 0 unspecified atom stereocenters. The number of esters is 1. The van der Waals surface area contributed by atoms with Gasteiger partial charge in [0.15, 0.2) is 0 Å². The second-order valence-corrected chi connectivity index (χ2v) is 6.39. The summed E-state index contributed by atoms with van der Waals surface area (Å²) in [4.78, 5) is 36.0. The Labute approximate surface area is 155 Å². The Kier molecular flexibility index (Phi) is 5.23. The van der Waals surface area contributed by atoms with Crippen molar-refractivity contribution in [2.24, 2.45) is 5.92 Å². The van der Waals surface area contributed by atoms with E-state index in [1.165, 1.54) is 19.2 Å². The van der Waals surface area contributed by atoms with Crippen molar-refractivity contribution in [1.82, 2.24) is 0 Å². The largest absolute Gasteiger partial charge is 0.465 e. The van der Waals surface area contributed by atoms with Crippen LogP contribution in [0.25, 0.3) is 0 Å². The molecule has 2 N–H and O–H groups in total. The average molecular weight is 373 g/mol. The summed E-state index contributed by atoms with van der Waals surface area (Å²) >= 11 is 5.97. The third kappa shape index (κ3) is 4.21. The fraction of sp³-hybridized carbons (Fsp3) is 0.211. The summed E-state index contributed by atoms with van der Waals surface area (Å²) in [6.45, 7) is 0. The molecular formula is C19H17ClN2O4. The van der Waals surface area contributed by atoms with Crippen molar-refractivity contribution in [2.75, 3.05) is 17.7 Å². The molecule has 0 heterocycles. The summed E-state index contributed by atoms with van der Waals surface area (Å²) in [5.74, 6) is -0.900. The number of carbonyl (C=O) groups excluding carboxylic acids is 3. The first kappa shape index (κ1) is 17.9. The van der Waals surface area contributed by atoms with Crippen molar-refractivity contribution in [1.29, 1.82) is 0 Å². The molecule has 2 aromatic carbocycles. The van der Waals surface area contributed by atoms with E-state index in [4.69, 9.17) is 11.6 Å². The van der Waals surface area contributed by atoms with Gasteiger partial charge in [-0.2, -0.15) is 0 Å². The number of anilines is 2. The summed E-state index contributed by atoms with van der Waals surface area (Å²) < 4.78 is 4.66. The van der Waals surface area contributed by atoms with Crippen LogP contribution in [-0.2, 0) is 9.53 Å². The lowest BCUT2D eigenvalue weighted by Gasteiger charge is -2.10. The maximum Gasteiger partial charge on any atom is 0.339 e.